The lowest BCUT2D eigenvalue weighted by molar-refractivity contribution is 0.0926. The van der Waals surface area contributed by atoms with Crippen molar-refractivity contribution in [1.82, 2.24) is 15.5 Å². The number of aromatic nitrogens is 2. The summed E-state index contributed by atoms with van der Waals surface area (Å²) in [5, 5.41) is 7.13. The van der Waals surface area contributed by atoms with Crippen LogP contribution in [0.1, 0.15) is 28.9 Å². The molecule has 0 saturated carbocycles. The minimum absolute atomic E-state index is 0.0257. The SMILES string of the molecule is CCc1ccc2oc(C(=O)NCCc3nc(-c4ccccc4)no3)cc(=O)c2c1. The molecule has 0 radical (unpaired) electrons. The first-order valence-electron chi connectivity index (χ1n) is 9.37. The van der Waals surface area contributed by atoms with Gasteiger partial charge in [0.1, 0.15) is 5.58 Å². The molecule has 0 unspecified atom stereocenters. The Morgan fingerprint density at radius 2 is 1.93 bits per heavy atom. The Morgan fingerprint density at radius 1 is 1.10 bits per heavy atom. The molecule has 1 amide bonds. The number of hydrogen-bond acceptors (Lipinski definition) is 6. The van der Waals surface area contributed by atoms with E-state index in [-0.39, 0.29) is 17.7 Å². The van der Waals surface area contributed by atoms with E-state index in [0.29, 0.717) is 29.1 Å². The van der Waals surface area contributed by atoms with Gasteiger partial charge in [-0.05, 0) is 24.1 Å². The van der Waals surface area contributed by atoms with Crippen LogP contribution in [0.15, 0.2) is 68.3 Å². The van der Waals surface area contributed by atoms with Crippen molar-refractivity contribution in [3.8, 4) is 11.4 Å². The predicted octanol–water partition coefficient (Wildman–Crippen LogP) is 3.38. The number of carbonyl (C=O) groups excluding carboxylic acids is 1. The third kappa shape index (κ3) is 4.08. The van der Waals surface area contributed by atoms with Crippen LogP contribution in [-0.4, -0.2) is 22.6 Å². The summed E-state index contributed by atoms with van der Waals surface area (Å²) in [6, 6.07) is 16.1. The quantitative estimate of drug-likeness (QED) is 0.543. The van der Waals surface area contributed by atoms with E-state index < -0.39 is 5.91 Å². The van der Waals surface area contributed by atoms with Crippen molar-refractivity contribution in [3.63, 3.8) is 0 Å². The molecule has 7 heteroatoms. The summed E-state index contributed by atoms with van der Waals surface area (Å²) in [7, 11) is 0. The fourth-order valence-electron chi connectivity index (χ4n) is 2.97. The fraction of sp³-hybridized carbons (Fsp3) is 0.182. The van der Waals surface area contributed by atoms with Gasteiger partial charge in [-0.1, -0.05) is 48.5 Å². The van der Waals surface area contributed by atoms with Crippen LogP contribution in [0.2, 0.25) is 0 Å². The van der Waals surface area contributed by atoms with Crippen molar-refractivity contribution in [3.05, 3.63) is 82.0 Å². The van der Waals surface area contributed by atoms with Gasteiger partial charge in [0.2, 0.25) is 11.7 Å². The van der Waals surface area contributed by atoms with E-state index in [0.717, 1.165) is 17.5 Å². The predicted molar refractivity (Wildman–Crippen MR) is 108 cm³/mol. The standard InChI is InChI=1S/C22H19N3O4/c1-2-14-8-9-18-16(12-14)17(26)13-19(28-18)22(27)23-11-10-20-24-21(25-29-20)15-6-4-3-5-7-15/h3-9,12-13H,2,10-11H2,1H3,(H,23,27). The summed E-state index contributed by atoms with van der Waals surface area (Å²) >= 11 is 0. The Balaban J connectivity index is 1.41. The van der Waals surface area contributed by atoms with Crippen molar-refractivity contribution in [2.75, 3.05) is 6.54 Å². The molecule has 0 atom stereocenters. The maximum atomic E-state index is 12.4. The number of nitrogens with one attached hydrogen (secondary N) is 1. The van der Waals surface area contributed by atoms with Crippen LogP contribution in [0.25, 0.3) is 22.4 Å². The average Bonchev–Trinajstić information content (AvgIpc) is 3.23. The Morgan fingerprint density at radius 3 is 2.72 bits per heavy atom. The van der Waals surface area contributed by atoms with Crippen LogP contribution in [-0.2, 0) is 12.8 Å². The maximum absolute atomic E-state index is 12.4. The van der Waals surface area contributed by atoms with Gasteiger partial charge in [-0.2, -0.15) is 4.98 Å². The molecule has 29 heavy (non-hydrogen) atoms. The van der Waals surface area contributed by atoms with Gasteiger partial charge in [-0.3, -0.25) is 9.59 Å². The van der Waals surface area contributed by atoms with Gasteiger partial charge < -0.3 is 14.3 Å². The Labute approximate surface area is 166 Å². The molecule has 2 aromatic heterocycles. The number of fused-ring (bicyclic) bond motifs is 1. The van der Waals surface area contributed by atoms with Gasteiger partial charge in [-0.15, -0.1) is 0 Å². The summed E-state index contributed by atoms with van der Waals surface area (Å²) in [5.41, 5.74) is 2.05. The number of nitrogens with zero attached hydrogens (tertiary/aromatic N) is 2. The number of benzene rings is 2. The zero-order chi connectivity index (χ0) is 20.2. The second kappa shape index (κ2) is 8.10. The van der Waals surface area contributed by atoms with Crippen molar-refractivity contribution in [2.45, 2.75) is 19.8 Å². The van der Waals surface area contributed by atoms with E-state index in [9.17, 15) is 9.59 Å². The van der Waals surface area contributed by atoms with E-state index in [2.05, 4.69) is 15.5 Å². The summed E-state index contributed by atoms with van der Waals surface area (Å²) in [6.45, 7) is 2.28. The van der Waals surface area contributed by atoms with Crippen LogP contribution in [0.5, 0.6) is 0 Å². The molecule has 0 spiro atoms. The van der Waals surface area contributed by atoms with Gasteiger partial charge in [0.25, 0.3) is 5.91 Å². The lowest BCUT2D eigenvalue weighted by Gasteiger charge is -2.05. The minimum Gasteiger partial charge on any atom is -0.451 e. The van der Waals surface area contributed by atoms with Gasteiger partial charge in [0, 0.05) is 24.6 Å². The second-order valence-electron chi connectivity index (χ2n) is 6.54. The second-order valence-corrected chi connectivity index (χ2v) is 6.54. The number of rotatable bonds is 6. The maximum Gasteiger partial charge on any atom is 0.287 e. The van der Waals surface area contributed by atoms with Crippen LogP contribution in [0.4, 0.5) is 0 Å². The molecule has 0 aliphatic heterocycles. The fourth-order valence-corrected chi connectivity index (χ4v) is 2.97. The van der Waals surface area contributed by atoms with Gasteiger partial charge in [0.05, 0.1) is 5.39 Å². The molecule has 0 saturated heterocycles. The molecular weight excluding hydrogens is 370 g/mol. The summed E-state index contributed by atoms with van der Waals surface area (Å²) in [4.78, 5) is 29.0. The monoisotopic (exact) mass is 389 g/mol. The Kier molecular flexibility index (Phi) is 5.20. The summed E-state index contributed by atoms with van der Waals surface area (Å²) < 4.78 is 10.8. The molecule has 4 aromatic rings. The molecule has 1 N–H and O–H groups in total. The zero-order valence-electron chi connectivity index (χ0n) is 15.8. The molecule has 2 aromatic carbocycles. The van der Waals surface area contributed by atoms with E-state index in [1.165, 1.54) is 6.07 Å². The average molecular weight is 389 g/mol. The highest BCUT2D eigenvalue weighted by Gasteiger charge is 2.14. The first-order chi connectivity index (χ1) is 14.1. The Bertz CT molecular complexity index is 1210. The van der Waals surface area contributed by atoms with E-state index in [1.54, 1.807) is 12.1 Å². The Hall–Kier alpha value is -3.74. The molecule has 7 nitrogen and oxygen atoms in total. The normalized spacial score (nSPS) is 10.9. The van der Waals surface area contributed by atoms with Crippen LogP contribution >= 0.6 is 0 Å². The molecule has 0 aliphatic rings. The van der Waals surface area contributed by atoms with Gasteiger partial charge in [-0.25, -0.2) is 0 Å². The lowest BCUT2D eigenvalue weighted by Crippen LogP contribution is -2.26. The molecule has 146 valence electrons. The van der Waals surface area contributed by atoms with E-state index in [4.69, 9.17) is 8.94 Å². The topological polar surface area (TPSA) is 98.2 Å². The number of hydrogen-bond donors (Lipinski definition) is 1. The van der Waals surface area contributed by atoms with E-state index >= 15 is 0 Å². The molecule has 2 heterocycles. The van der Waals surface area contributed by atoms with Crippen LogP contribution in [0.3, 0.4) is 0 Å². The van der Waals surface area contributed by atoms with Crippen molar-refractivity contribution in [2.24, 2.45) is 0 Å². The smallest absolute Gasteiger partial charge is 0.287 e. The largest absolute Gasteiger partial charge is 0.451 e. The lowest BCUT2D eigenvalue weighted by atomic mass is 10.1. The summed E-state index contributed by atoms with van der Waals surface area (Å²) in [5.74, 6) is 0.420. The molecular formula is C22H19N3O4. The van der Waals surface area contributed by atoms with Gasteiger partial charge in [0.15, 0.2) is 11.2 Å². The molecule has 4 rings (SSSR count). The highest BCUT2D eigenvalue weighted by molar-refractivity contribution is 5.93. The number of amides is 1. The van der Waals surface area contributed by atoms with Gasteiger partial charge >= 0.3 is 0 Å². The first kappa shape index (κ1) is 18.6. The third-order valence-electron chi connectivity index (χ3n) is 4.55. The van der Waals surface area contributed by atoms with Crippen molar-refractivity contribution >= 4 is 16.9 Å². The van der Waals surface area contributed by atoms with Crippen molar-refractivity contribution in [1.29, 1.82) is 0 Å². The van der Waals surface area contributed by atoms with Crippen LogP contribution < -0.4 is 10.7 Å². The number of carbonyl (C=O) groups is 1. The summed E-state index contributed by atoms with van der Waals surface area (Å²) in [6.07, 6.45) is 1.18. The van der Waals surface area contributed by atoms with E-state index in [1.807, 2.05) is 43.3 Å². The highest BCUT2D eigenvalue weighted by atomic mass is 16.5. The molecule has 0 bridgehead atoms. The third-order valence-corrected chi connectivity index (χ3v) is 4.55. The molecule has 0 fully saturated rings. The molecule has 0 aliphatic carbocycles. The highest BCUT2D eigenvalue weighted by Crippen LogP contribution is 2.16. The zero-order valence-corrected chi connectivity index (χ0v) is 15.8. The van der Waals surface area contributed by atoms with Crippen LogP contribution in [0, 0.1) is 0 Å². The van der Waals surface area contributed by atoms with Crippen molar-refractivity contribution < 1.29 is 13.7 Å². The minimum atomic E-state index is -0.466. The first-order valence-corrected chi connectivity index (χ1v) is 9.37. The number of aryl methyl sites for hydroxylation is 1.